The fraction of sp³-hybridized carbons (Fsp3) is 0.545. The molecule has 0 unspecified atom stereocenters. The number of carbonyl (C=O) groups is 2. The van der Waals surface area contributed by atoms with Gasteiger partial charge in [0.2, 0.25) is 0 Å². The molecule has 1 aliphatic carbocycles. The average Bonchev–Trinajstić information content (AvgIpc) is 2.65. The van der Waals surface area contributed by atoms with Crippen molar-refractivity contribution in [2.75, 3.05) is 6.61 Å². The van der Waals surface area contributed by atoms with E-state index in [4.69, 9.17) is 9.47 Å². The minimum atomic E-state index is -0.545. The minimum absolute atomic E-state index is 0.0717. The normalized spacial score (nSPS) is 27.6. The fourth-order valence-electron chi connectivity index (χ4n) is 3.96. The molecule has 4 atom stereocenters. The van der Waals surface area contributed by atoms with Gasteiger partial charge in [-0.3, -0.25) is 0 Å². The number of amides is 2. The minimum Gasteiger partial charge on any atom is -0.494 e. The van der Waals surface area contributed by atoms with Crippen molar-refractivity contribution in [3.05, 3.63) is 41.1 Å². The quantitative estimate of drug-likeness (QED) is 0.748. The number of hydrogen-bond donors (Lipinski definition) is 2. The Kier molecular flexibility index (Phi) is 6.27. The van der Waals surface area contributed by atoms with Crippen molar-refractivity contribution in [2.45, 2.75) is 59.1 Å². The molecule has 0 bridgehead atoms. The van der Waals surface area contributed by atoms with Crippen LogP contribution >= 0.6 is 0 Å². The van der Waals surface area contributed by atoms with Crippen LogP contribution in [0.2, 0.25) is 0 Å². The SMILES string of the molecule is CCOc1ccc([C@@H]2NC(=O)NC(C)=C2C(=O)O[C@H]2CC[C@@H](C)[C@@H](C)C2)cc1. The number of esters is 1. The highest BCUT2D eigenvalue weighted by molar-refractivity contribution is 5.95. The van der Waals surface area contributed by atoms with E-state index in [0.717, 1.165) is 30.6 Å². The molecule has 1 aromatic carbocycles. The van der Waals surface area contributed by atoms with Crippen molar-refractivity contribution < 1.29 is 19.1 Å². The third-order valence-electron chi connectivity index (χ3n) is 5.84. The molecular weight excluding hydrogens is 356 g/mol. The van der Waals surface area contributed by atoms with Crippen molar-refractivity contribution in [1.29, 1.82) is 0 Å². The Hall–Kier alpha value is -2.50. The van der Waals surface area contributed by atoms with Crippen molar-refractivity contribution in [2.24, 2.45) is 11.8 Å². The first kappa shape index (κ1) is 20.2. The molecule has 1 heterocycles. The van der Waals surface area contributed by atoms with Crippen LogP contribution in [0.1, 0.15) is 58.6 Å². The Morgan fingerprint density at radius 2 is 1.86 bits per heavy atom. The van der Waals surface area contributed by atoms with E-state index in [0.29, 0.717) is 29.7 Å². The highest BCUT2D eigenvalue weighted by Gasteiger charge is 2.34. The summed E-state index contributed by atoms with van der Waals surface area (Å²) >= 11 is 0. The lowest BCUT2D eigenvalue weighted by atomic mass is 9.80. The summed E-state index contributed by atoms with van der Waals surface area (Å²) < 4.78 is 11.3. The number of carbonyl (C=O) groups excluding carboxylic acids is 2. The fourth-order valence-corrected chi connectivity index (χ4v) is 3.96. The summed E-state index contributed by atoms with van der Waals surface area (Å²) in [5.41, 5.74) is 1.80. The molecule has 152 valence electrons. The number of ether oxygens (including phenoxy) is 2. The van der Waals surface area contributed by atoms with Crippen LogP contribution < -0.4 is 15.4 Å². The van der Waals surface area contributed by atoms with Crippen molar-refractivity contribution in [1.82, 2.24) is 10.6 Å². The summed E-state index contributed by atoms with van der Waals surface area (Å²) in [5.74, 6) is 1.58. The highest BCUT2D eigenvalue weighted by Crippen LogP contribution is 2.33. The van der Waals surface area contributed by atoms with Gasteiger partial charge in [-0.1, -0.05) is 26.0 Å². The zero-order valence-electron chi connectivity index (χ0n) is 17.1. The largest absolute Gasteiger partial charge is 0.494 e. The maximum absolute atomic E-state index is 13.0. The molecule has 28 heavy (non-hydrogen) atoms. The number of benzene rings is 1. The molecule has 0 spiro atoms. The first-order valence-electron chi connectivity index (χ1n) is 10.1. The summed E-state index contributed by atoms with van der Waals surface area (Å²) in [7, 11) is 0. The molecule has 6 nitrogen and oxygen atoms in total. The molecule has 3 rings (SSSR count). The first-order chi connectivity index (χ1) is 13.4. The summed E-state index contributed by atoms with van der Waals surface area (Å²) in [6.45, 7) is 8.70. The van der Waals surface area contributed by atoms with Gasteiger partial charge in [-0.25, -0.2) is 9.59 Å². The molecule has 2 amide bonds. The van der Waals surface area contributed by atoms with E-state index < -0.39 is 6.04 Å². The first-order valence-corrected chi connectivity index (χ1v) is 10.1. The second kappa shape index (κ2) is 8.67. The van der Waals surface area contributed by atoms with Crippen LogP contribution in [0.15, 0.2) is 35.5 Å². The molecule has 2 N–H and O–H groups in total. The van der Waals surface area contributed by atoms with Gasteiger partial charge in [0.1, 0.15) is 11.9 Å². The number of rotatable bonds is 5. The Morgan fingerprint density at radius 3 is 2.50 bits per heavy atom. The van der Waals surface area contributed by atoms with E-state index in [2.05, 4.69) is 24.5 Å². The smallest absolute Gasteiger partial charge is 0.338 e. The van der Waals surface area contributed by atoms with Crippen LogP contribution in [-0.4, -0.2) is 24.7 Å². The van der Waals surface area contributed by atoms with Gasteiger partial charge in [0.05, 0.1) is 18.2 Å². The van der Waals surface area contributed by atoms with Crippen LogP contribution in [0, 0.1) is 11.8 Å². The summed E-state index contributed by atoms with van der Waals surface area (Å²) in [5, 5.41) is 5.55. The molecule has 0 saturated heterocycles. The van der Waals surface area contributed by atoms with Gasteiger partial charge in [0.25, 0.3) is 0 Å². The lowest BCUT2D eigenvalue weighted by molar-refractivity contribution is -0.147. The topological polar surface area (TPSA) is 76.7 Å². The molecule has 1 aromatic rings. The van der Waals surface area contributed by atoms with Gasteiger partial charge in [-0.2, -0.15) is 0 Å². The molecular formula is C22H30N2O4. The number of allylic oxidation sites excluding steroid dienone is 1. The van der Waals surface area contributed by atoms with E-state index in [1.165, 1.54) is 0 Å². The Bertz CT molecular complexity index is 756. The molecule has 1 aliphatic heterocycles. The second-order valence-electron chi connectivity index (χ2n) is 7.87. The third kappa shape index (κ3) is 4.49. The van der Waals surface area contributed by atoms with Gasteiger partial charge < -0.3 is 20.1 Å². The van der Waals surface area contributed by atoms with Crippen LogP contribution in [0.25, 0.3) is 0 Å². The Balaban J connectivity index is 1.80. The monoisotopic (exact) mass is 386 g/mol. The van der Waals surface area contributed by atoms with Gasteiger partial charge in [-0.15, -0.1) is 0 Å². The van der Waals surface area contributed by atoms with Crippen LogP contribution in [-0.2, 0) is 9.53 Å². The van der Waals surface area contributed by atoms with Crippen molar-refractivity contribution >= 4 is 12.0 Å². The lowest BCUT2D eigenvalue weighted by Gasteiger charge is -2.33. The van der Waals surface area contributed by atoms with Crippen LogP contribution in [0.5, 0.6) is 5.75 Å². The van der Waals surface area contributed by atoms with Gasteiger partial charge in [0.15, 0.2) is 0 Å². The van der Waals surface area contributed by atoms with E-state index >= 15 is 0 Å². The van der Waals surface area contributed by atoms with E-state index in [-0.39, 0.29) is 18.1 Å². The maximum atomic E-state index is 13.0. The zero-order chi connectivity index (χ0) is 20.3. The summed E-state index contributed by atoms with van der Waals surface area (Å²) in [4.78, 5) is 25.1. The van der Waals surface area contributed by atoms with Crippen molar-refractivity contribution in [3.8, 4) is 5.75 Å². The Labute approximate surface area is 166 Å². The van der Waals surface area contributed by atoms with Crippen molar-refractivity contribution in [3.63, 3.8) is 0 Å². The summed E-state index contributed by atoms with van der Waals surface area (Å²) in [6.07, 6.45) is 2.76. The maximum Gasteiger partial charge on any atom is 0.338 e. The van der Waals surface area contributed by atoms with Crippen LogP contribution in [0.4, 0.5) is 4.79 Å². The van der Waals surface area contributed by atoms with Gasteiger partial charge in [0, 0.05) is 5.70 Å². The molecule has 1 fully saturated rings. The molecule has 1 saturated carbocycles. The molecule has 0 aromatic heterocycles. The third-order valence-corrected chi connectivity index (χ3v) is 5.84. The van der Waals surface area contributed by atoms with E-state index in [9.17, 15) is 9.59 Å². The lowest BCUT2D eigenvalue weighted by Crippen LogP contribution is -2.45. The van der Waals surface area contributed by atoms with E-state index in [1.54, 1.807) is 6.92 Å². The number of urea groups is 1. The number of nitrogens with one attached hydrogen (secondary N) is 2. The average molecular weight is 386 g/mol. The van der Waals surface area contributed by atoms with Gasteiger partial charge in [-0.05, 0) is 62.6 Å². The molecule has 6 heteroatoms. The molecule has 0 radical (unpaired) electrons. The molecule has 2 aliphatic rings. The standard InChI is InChI=1S/C22H30N2O4/c1-5-27-17-10-7-16(8-11-17)20-19(15(4)23-22(26)24-20)21(25)28-18-9-6-13(2)14(3)12-18/h7-8,10-11,13-14,18,20H,5-6,9,12H2,1-4H3,(H2,23,24,26)/t13-,14+,18+,20+/m1/s1. The second-order valence-corrected chi connectivity index (χ2v) is 7.87. The zero-order valence-corrected chi connectivity index (χ0v) is 17.1. The highest BCUT2D eigenvalue weighted by atomic mass is 16.5. The number of hydrogen-bond acceptors (Lipinski definition) is 4. The van der Waals surface area contributed by atoms with E-state index in [1.807, 2.05) is 31.2 Å². The van der Waals surface area contributed by atoms with Crippen LogP contribution in [0.3, 0.4) is 0 Å². The van der Waals surface area contributed by atoms with Gasteiger partial charge >= 0.3 is 12.0 Å². The predicted molar refractivity (Wildman–Crippen MR) is 107 cm³/mol. The summed E-state index contributed by atoms with van der Waals surface area (Å²) in [6, 6.07) is 6.55. The Morgan fingerprint density at radius 1 is 1.14 bits per heavy atom. The predicted octanol–water partition coefficient (Wildman–Crippen LogP) is 4.08.